The topological polar surface area (TPSA) is 84.9 Å². The molecule has 0 heterocycles. The van der Waals surface area contributed by atoms with Gasteiger partial charge in [0.1, 0.15) is 16.0 Å². The molecule has 0 saturated heterocycles. The van der Waals surface area contributed by atoms with E-state index in [-0.39, 0.29) is 12.3 Å². The van der Waals surface area contributed by atoms with E-state index in [1.54, 1.807) is 26.0 Å². The van der Waals surface area contributed by atoms with E-state index in [1.807, 2.05) is 0 Å². The molecule has 0 bridgehead atoms. The minimum absolute atomic E-state index is 0.0136. The van der Waals surface area contributed by atoms with Crippen LogP contribution in [0, 0.1) is 0 Å². The van der Waals surface area contributed by atoms with Crippen molar-refractivity contribution in [3.8, 4) is 11.5 Å². The zero-order chi connectivity index (χ0) is 16.9. The Morgan fingerprint density at radius 1 is 1.23 bits per heavy atom. The molecule has 2 N–H and O–H groups in total. The summed E-state index contributed by atoms with van der Waals surface area (Å²) in [6.45, 7) is 3.56. The van der Waals surface area contributed by atoms with Crippen molar-refractivity contribution in [2.24, 2.45) is 0 Å². The van der Waals surface area contributed by atoms with E-state index in [0.717, 1.165) is 0 Å². The number of aliphatic carboxylic acids is 1. The van der Waals surface area contributed by atoms with Crippen LogP contribution in [0.5, 0.6) is 11.5 Å². The van der Waals surface area contributed by atoms with Gasteiger partial charge in [-0.3, -0.25) is 9.59 Å². The molecule has 0 saturated carbocycles. The van der Waals surface area contributed by atoms with Crippen molar-refractivity contribution in [2.75, 3.05) is 14.2 Å². The summed E-state index contributed by atoms with van der Waals surface area (Å²) < 4.78 is 11.0. The summed E-state index contributed by atoms with van der Waals surface area (Å²) in [7, 11) is 3.00. The molecule has 1 rings (SSSR count). The number of benzene rings is 1. The number of hydrogen-bond donors (Lipinski definition) is 2. The van der Waals surface area contributed by atoms with Crippen LogP contribution in [-0.2, 0) is 4.79 Å². The molecule has 0 aromatic heterocycles. The predicted octanol–water partition coefficient (Wildman–Crippen LogP) is 2.84. The van der Waals surface area contributed by atoms with Gasteiger partial charge in [0.05, 0.1) is 14.2 Å². The standard InChI is InChI=1S/C15H20BrNO5/c1-15(2,6-5-12(18)19)17-14(20)9-7-10(21-3)13(16)11(8-9)22-4/h7-8H,5-6H2,1-4H3,(H,17,20)(H,18,19). The van der Waals surface area contributed by atoms with Gasteiger partial charge in [0.15, 0.2) is 0 Å². The first-order valence-corrected chi connectivity index (χ1v) is 7.45. The second-order valence-electron chi connectivity index (χ2n) is 5.43. The van der Waals surface area contributed by atoms with Crippen molar-refractivity contribution >= 4 is 27.8 Å². The third kappa shape index (κ3) is 4.91. The summed E-state index contributed by atoms with van der Waals surface area (Å²) >= 11 is 3.34. The molecule has 1 aromatic carbocycles. The van der Waals surface area contributed by atoms with Crippen molar-refractivity contribution in [3.63, 3.8) is 0 Å². The van der Waals surface area contributed by atoms with Crippen LogP contribution in [0.2, 0.25) is 0 Å². The second kappa shape index (κ2) is 7.49. The largest absolute Gasteiger partial charge is 0.495 e. The fourth-order valence-corrected chi connectivity index (χ4v) is 2.41. The zero-order valence-corrected chi connectivity index (χ0v) is 14.6. The molecule has 0 aliphatic carbocycles. The summed E-state index contributed by atoms with van der Waals surface area (Å²) in [5.74, 6) is -0.255. The number of methoxy groups -OCH3 is 2. The number of amides is 1. The minimum Gasteiger partial charge on any atom is -0.495 e. The van der Waals surface area contributed by atoms with Crippen LogP contribution in [-0.4, -0.2) is 36.7 Å². The Balaban J connectivity index is 2.96. The summed E-state index contributed by atoms with van der Waals surface area (Å²) in [6.07, 6.45) is 0.319. The maximum atomic E-state index is 12.4. The van der Waals surface area contributed by atoms with E-state index < -0.39 is 11.5 Å². The van der Waals surface area contributed by atoms with Gasteiger partial charge in [-0.15, -0.1) is 0 Å². The number of carbonyl (C=O) groups is 2. The van der Waals surface area contributed by atoms with Gasteiger partial charge < -0.3 is 19.9 Å². The van der Waals surface area contributed by atoms with Gasteiger partial charge in [0, 0.05) is 17.5 Å². The number of nitrogens with one attached hydrogen (secondary N) is 1. The van der Waals surface area contributed by atoms with Crippen LogP contribution in [0.15, 0.2) is 16.6 Å². The quantitative estimate of drug-likeness (QED) is 0.767. The van der Waals surface area contributed by atoms with Gasteiger partial charge in [-0.05, 0) is 48.3 Å². The van der Waals surface area contributed by atoms with Crippen molar-refractivity contribution in [1.29, 1.82) is 0 Å². The first kappa shape index (κ1) is 18.3. The lowest BCUT2D eigenvalue weighted by atomic mass is 9.97. The summed E-state index contributed by atoms with van der Waals surface area (Å²) in [5.41, 5.74) is -0.261. The Kier molecular flexibility index (Phi) is 6.22. The lowest BCUT2D eigenvalue weighted by Crippen LogP contribution is -2.43. The SMILES string of the molecule is COc1cc(C(=O)NC(C)(C)CCC(=O)O)cc(OC)c1Br. The molecule has 22 heavy (non-hydrogen) atoms. The zero-order valence-electron chi connectivity index (χ0n) is 13.0. The maximum absolute atomic E-state index is 12.4. The van der Waals surface area contributed by atoms with E-state index in [4.69, 9.17) is 14.6 Å². The molecule has 122 valence electrons. The number of ether oxygens (including phenoxy) is 2. The van der Waals surface area contributed by atoms with Crippen molar-refractivity contribution in [2.45, 2.75) is 32.2 Å². The predicted molar refractivity (Wildman–Crippen MR) is 85.7 cm³/mol. The number of carboxylic acids is 1. The summed E-state index contributed by atoms with van der Waals surface area (Å²) in [4.78, 5) is 23.0. The van der Waals surface area contributed by atoms with Crippen molar-refractivity contribution in [3.05, 3.63) is 22.2 Å². The van der Waals surface area contributed by atoms with Gasteiger partial charge in [-0.1, -0.05) is 0 Å². The molecule has 0 fully saturated rings. The Morgan fingerprint density at radius 3 is 2.14 bits per heavy atom. The molecular weight excluding hydrogens is 354 g/mol. The average Bonchev–Trinajstić information content (AvgIpc) is 2.45. The Bertz CT molecular complexity index is 546. The molecule has 0 aliphatic heterocycles. The van der Waals surface area contributed by atoms with Gasteiger partial charge in [-0.25, -0.2) is 0 Å². The van der Waals surface area contributed by atoms with Crippen LogP contribution in [0.4, 0.5) is 0 Å². The molecular formula is C15H20BrNO5. The average molecular weight is 374 g/mol. The van der Waals surface area contributed by atoms with Crippen molar-refractivity contribution < 1.29 is 24.2 Å². The van der Waals surface area contributed by atoms with Crippen LogP contribution >= 0.6 is 15.9 Å². The number of carbonyl (C=O) groups excluding carboxylic acids is 1. The lowest BCUT2D eigenvalue weighted by molar-refractivity contribution is -0.137. The molecule has 0 aliphatic rings. The maximum Gasteiger partial charge on any atom is 0.303 e. The molecule has 0 atom stereocenters. The van der Waals surface area contributed by atoms with Gasteiger partial charge in [0.25, 0.3) is 5.91 Å². The third-order valence-corrected chi connectivity index (χ3v) is 3.91. The molecule has 0 spiro atoms. The smallest absolute Gasteiger partial charge is 0.303 e. The van der Waals surface area contributed by atoms with E-state index in [1.165, 1.54) is 14.2 Å². The fourth-order valence-electron chi connectivity index (χ4n) is 1.86. The highest BCUT2D eigenvalue weighted by atomic mass is 79.9. The summed E-state index contributed by atoms with van der Waals surface area (Å²) in [5, 5.41) is 11.6. The Hall–Kier alpha value is -1.76. The molecule has 6 nitrogen and oxygen atoms in total. The lowest BCUT2D eigenvalue weighted by Gasteiger charge is -2.26. The Morgan fingerprint density at radius 2 is 1.73 bits per heavy atom. The van der Waals surface area contributed by atoms with E-state index >= 15 is 0 Å². The van der Waals surface area contributed by atoms with Crippen LogP contribution in [0.25, 0.3) is 0 Å². The van der Waals surface area contributed by atoms with E-state index in [9.17, 15) is 9.59 Å². The van der Waals surface area contributed by atoms with Crippen molar-refractivity contribution in [1.82, 2.24) is 5.32 Å². The first-order chi connectivity index (χ1) is 10.2. The highest BCUT2D eigenvalue weighted by Gasteiger charge is 2.23. The van der Waals surface area contributed by atoms with Gasteiger partial charge in [-0.2, -0.15) is 0 Å². The van der Waals surface area contributed by atoms with Crippen LogP contribution < -0.4 is 14.8 Å². The van der Waals surface area contributed by atoms with Crippen LogP contribution in [0.1, 0.15) is 37.0 Å². The fraction of sp³-hybridized carbons (Fsp3) is 0.467. The number of carboxylic acid groups (broad SMARTS) is 1. The number of rotatable bonds is 7. The molecule has 1 amide bonds. The first-order valence-electron chi connectivity index (χ1n) is 6.66. The van der Waals surface area contributed by atoms with Gasteiger partial charge >= 0.3 is 5.97 Å². The molecule has 0 unspecified atom stereocenters. The monoisotopic (exact) mass is 373 g/mol. The molecule has 1 aromatic rings. The van der Waals surface area contributed by atoms with Crippen LogP contribution in [0.3, 0.4) is 0 Å². The number of hydrogen-bond acceptors (Lipinski definition) is 4. The van der Waals surface area contributed by atoms with E-state index in [2.05, 4.69) is 21.2 Å². The molecule has 0 radical (unpaired) electrons. The Labute approximate surface area is 137 Å². The third-order valence-electron chi connectivity index (χ3n) is 3.12. The second-order valence-corrected chi connectivity index (χ2v) is 6.22. The minimum atomic E-state index is -0.894. The van der Waals surface area contributed by atoms with E-state index in [0.29, 0.717) is 28.0 Å². The number of halogens is 1. The summed E-state index contributed by atoms with van der Waals surface area (Å²) in [6, 6.07) is 3.18. The van der Waals surface area contributed by atoms with Gasteiger partial charge in [0.2, 0.25) is 0 Å². The highest BCUT2D eigenvalue weighted by molar-refractivity contribution is 9.10. The highest BCUT2D eigenvalue weighted by Crippen LogP contribution is 2.35. The molecule has 7 heteroatoms. The normalized spacial score (nSPS) is 11.0.